The number of nitrogens with zero attached hydrogens (tertiary/aromatic N) is 2. The predicted octanol–water partition coefficient (Wildman–Crippen LogP) is 2.25. The SMILES string of the molecule is CCCN(CC(=O)O)C(=O)c1ccc(SC)c([N+](=O)[O-])c1. The molecule has 8 heteroatoms. The Hall–Kier alpha value is -2.09. The van der Waals surface area contributed by atoms with Crippen molar-refractivity contribution in [2.24, 2.45) is 0 Å². The van der Waals surface area contributed by atoms with E-state index in [0.29, 0.717) is 11.3 Å². The smallest absolute Gasteiger partial charge is 0.323 e. The highest BCUT2D eigenvalue weighted by atomic mass is 32.2. The van der Waals surface area contributed by atoms with Gasteiger partial charge in [0.15, 0.2) is 0 Å². The molecule has 0 fully saturated rings. The normalized spacial score (nSPS) is 10.2. The standard InChI is InChI=1S/C13H16N2O5S/c1-3-6-14(8-12(16)17)13(18)9-4-5-11(21-2)10(7-9)15(19)20/h4-5,7H,3,6,8H2,1-2H3,(H,16,17). The van der Waals surface area contributed by atoms with Gasteiger partial charge in [-0.3, -0.25) is 19.7 Å². The van der Waals surface area contributed by atoms with Crippen molar-refractivity contribution in [3.63, 3.8) is 0 Å². The van der Waals surface area contributed by atoms with Gasteiger partial charge in [-0.15, -0.1) is 11.8 Å². The minimum Gasteiger partial charge on any atom is -0.480 e. The number of aliphatic carboxylic acids is 1. The molecular formula is C13H16N2O5S. The molecule has 0 unspecified atom stereocenters. The van der Waals surface area contributed by atoms with E-state index in [-0.39, 0.29) is 17.8 Å². The molecule has 114 valence electrons. The number of amides is 1. The summed E-state index contributed by atoms with van der Waals surface area (Å²) in [5.74, 6) is -1.64. The Morgan fingerprint density at radius 2 is 2.10 bits per heavy atom. The Morgan fingerprint density at radius 1 is 1.43 bits per heavy atom. The number of carbonyl (C=O) groups excluding carboxylic acids is 1. The summed E-state index contributed by atoms with van der Waals surface area (Å²) in [6.07, 6.45) is 2.31. The molecule has 1 rings (SSSR count). The molecule has 0 heterocycles. The van der Waals surface area contributed by atoms with E-state index in [0.717, 1.165) is 0 Å². The lowest BCUT2D eigenvalue weighted by molar-refractivity contribution is -0.387. The van der Waals surface area contributed by atoms with E-state index >= 15 is 0 Å². The van der Waals surface area contributed by atoms with Crippen molar-refractivity contribution >= 4 is 29.3 Å². The number of nitro benzene ring substituents is 1. The van der Waals surface area contributed by atoms with Crippen LogP contribution < -0.4 is 0 Å². The Labute approximate surface area is 126 Å². The van der Waals surface area contributed by atoms with Crippen molar-refractivity contribution in [2.45, 2.75) is 18.2 Å². The van der Waals surface area contributed by atoms with Crippen LogP contribution in [-0.2, 0) is 4.79 Å². The third-order valence-corrected chi connectivity index (χ3v) is 3.51. The van der Waals surface area contributed by atoms with Gasteiger partial charge in [0.1, 0.15) is 6.54 Å². The van der Waals surface area contributed by atoms with Crippen LogP contribution >= 0.6 is 11.8 Å². The van der Waals surface area contributed by atoms with Gasteiger partial charge in [0, 0.05) is 18.2 Å². The Balaban J connectivity index is 3.12. The number of thioether (sulfide) groups is 1. The monoisotopic (exact) mass is 312 g/mol. The Bertz CT molecular complexity index is 561. The summed E-state index contributed by atoms with van der Waals surface area (Å²) < 4.78 is 0. The quantitative estimate of drug-likeness (QED) is 0.471. The highest BCUT2D eigenvalue weighted by Gasteiger charge is 2.21. The zero-order chi connectivity index (χ0) is 16.0. The van der Waals surface area contributed by atoms with Crippen molar-refractivity contribution < 1.29 is 19.6 Å². The maximum atomic E-state index is 12.3. The fraction of sp³-hybridized carbons (Fsp3) is 0.385. The lowest BCUT2D eigenvalue weighted by Crippen LogP contribution is -2.36. The molecule has 1 aromatic carbocycles. The first kappa shape index (κ1) is 17.0. The van der Waals surface area contributed by atoms with Crippen molar-refractivity contribution in [2.75, 3.05) is 19.3 Å². The van der Waals surface area contributed by atoms with Crippen molar-refractivity contribution in [3.05, 3.63) is 33.9 Å². The Kier molecular flexibility index (Phi) is 6.16. The van der Waals surface area contributed by atoms with Crippen LogP contribution in [0.4, 0.5) is 5.69 Å². The topological polar surface area (TPSA) is 101 Å². The van der Waals surface area contributed by atoms with E-state index in [9.17, 15) is 19.7 Å². The number of carboxylic acid groups (broad SMARTS) is 1. The molecule has 0 saturated heterocycles. The molecule has 0 aliphatic carbocycles. The van der Waals surface area contributed by atoms with Crippen LogP contribution in [0.1, 0.15) is 23.7 Å². The number of carbonyl (C=O) groups is 2. The third kappa shape index (κ3) is 4.45. The van der Waals surface area contributed by atoms with Crippen LogP contribution in [0.25, 0.3) is 0 Å². The van der Waals surface area contributed by atoms with Crippen LogP contribution in [0.15, 0.2) is 23.1 Å². The zero-order valence-electron chi connectivity index (χ0n) is 11.7. The molecule has 0 aliphatic heterocycles. The number of nitro groups is 1. The van der Waals surface area contributed by atoms with Gasteiger partial charge in [-0.05, 0) is 24.8 Å². The summed E-state index contributed by atoms with van der Waals surface area (Å²) in [7, 11) is 0. The van der Waals surface area contributed by atoms with E-state index in [1.54, 1.807) is 6.26 Å². The van der Waals surface area contributed by atoms with Gasteiger partial charge in [-0.2, -0.15) is 0 Å². The number of rotatable bonds is 7. The third-order valence-electron chi connectivity index (χ3n) is 2.73. The van der Waals surface area contributed by atoms with Crippen LogP contribution in [0, 0.1) is 10.1 Å². The summed E-state index contributed by atoms with van der Waals surface area (Å²) >= 11 is 1.21. The molecule has 7 nitrogen and oxygen atoms in total. The summed E-state index contributed by atoms with van der Waals surface area (Å²) in [5, 5.41) is 19.8. The first-order chi connectivity index (χ1) is 9.90. The van der Waals surface area contributed by atoms with Crippen LogP contribution in [0.3, 0.4) is 0 Å². The average molecular weight is 312 g/mol. The molecule has 0 atom stereocenters. The number of carboxylic acids is 1. The predicted molar refractivity (Wildman–Crippen MR) is 78.7 cm³/mol. The van der Waals surface area contributed by atoms with Crippen LogP contribution in [0.5, 0.6) is 0 Å². The molecule has 0 radical (unpaired) electrons. The molecule has 0 aliphatic rings. The minimum absolute atomic E-state index is 0.120. The van der Waals surface area contributed by atoms with Gasteiger partial charge >= 0.3 is 5.97 Å². The van der Waals surface area contributed by atoms with Gasteiger partial charge in [0.05, 0.1) is 9.82 Å². The van der Waals surface area contributed by atoms with E-state index < -0.39 is 23.3 Å². The molecule has 0 spiro atoms. The Morgan fingerprint density at radius 3 is 2.57 bits per heavy atom. The van der Waals surface area contributed by atoms with Crippen LogP contribution in [0.2, 0.25) is 0 Å². The molecule has 1 N–H and O–H groups in total. The summed E-state index contributed by atoms with van der Waals surface area (Å²) in [4.78, 5) is 35.1. The number of hydrogen-bond acceptors (Lipinski definition) is 5. The lowest BCUT2D eigenvalue weighted by Gasteiger charge is -2.20. The highest BCUT2D eigenvalue weighted by Crippen LogP contribution is 2.28. The molecule has 21 heavy (non-hydrogen) atoms. The van der Waals surface area contributed by atoms with Crippen molar-refractivity contribution in [1.29, 1.82) is 0 Å². The second-order valence-corrected chi connectivity index (χ2v) is 5.11. The number of hydrogen-bond donors (Lipinski definition) is 1. The maximum Gasteiger partial charge on any atom is 0.323 e. The van der Waals surface area contributed by atoms with Crippen LogP contribution in [-0.4, -0.2) is 46.2 Å². The fourth-order valence-corrected chi connectivity index (χ4v) is 2.38. The van der Waals surface area contributed by atoms with Gasteiger partial charge in [0.25, 0.3) is 11.6 Å². The van der Waals surface area contributed by atoms with E-state index in [1.807, 2.05) is 6.92 Å². The molecule has 1 aromatic rings. The zero-order valence-corrected chi connectivity index (χ0v) is 12.6. The molecule has 1 amide bonds. The van der Waals surface area contributed by atoms with Gasteiger partial charge in [-0.25, -0.2) is 0 Å². The van der Waals surface area contributed by atoms with E-state index in [2.05, 4.69) is 0 Å². The second-order valence-electron chi connectivity index (χ2n) is 4.26. The van der Waals surface area contributed by atoms with E-state index in [1.165, 1.54) is 34.9 Å². The maximum absolute atomic E-state index is 12.3. The fourth-order valence-electron chi connectivity index (χ4n) is 1.83. The lowest BCUT2D eigenvalue weighted by atomic mass is 10.1. The average Bonchev–Trinajstić information content (AvgIpc) is 2.44. The van der Waals surface area contributed by atoms with Crippen molar-refractivity contribution in [3.8, 4) is 0 Å². The molecule has 0 aromatic heterocycles. The highest BCUT2D eigenvalue weighted by molar-refractivity contribution is 7.98. The summed E-state index contributed by atoms with van der Waals surface area (Å²) in [6.45, 7) is 1.68. The molecule has 0 bridgehead atoms. The largest absolute Gasteiger partial charge is 0.480 e. The van der Waals surface area contributed by atoms with E-state index in [4.69, 9.17) is 5.11 Å². The second kappa shape index (κ2) is 7.63. The molecule has 0 saturated carbocycles. The van der Waals surface area contributed by atoms with Gasteiger partial charge in [-0.1, -0.05) is 6.92 Å². The number of benzene rings is 1. The minimum atomic E-state index is -1.12. The van der Waals surface area contributed by atoms with Gasteiger partial charge < -0.3 is 10.0 Å². The first-order valence-corrected chi connectivity index (χ1v) is 7.46. The molecular weight excluding hydrogens is 296 g/mol. The van der Waals surface area contributed by atoms with Crippen molar-refractivity contribution in [1.82, 2.24) is 4.90 Å². The van der Waals surface area contributed by atoms with Gasteiger partial charge in [0.2, 0.25) is 0 Å². The summed E-state index contributed by atoms with van der Waals surface area (Å²) in [6, 6.07) is 4.17. The first-order valence-electron chi connectivity index (χ1n) is 6.24. The summed E-state index contributed by atoms with van der Waals surface area (Å²) in [5.41, 5.74) is -0.0330.